The quantitative estimate of drug-likeness (QED) is 0.734. The van der Waals surface area contributed by atoms with Crippen molar-refractivity contribution >= 4 is 22.6 Å². The Balaban J connectivity index is 1.99. The minimum atomic E-state index is 0.301. The number of halogens is 1. The molecule has 0 spiro atoms. The first-order chi connectivity index (χ1) is 10.3. The van der Waals surface area contributed by atoms with Crippen molar-refractivity contribution in [3.05, 3.63) is 68.3 Å². The number of hydrogen-bond acceptors (Lipinski definition) is 1. The molecule has 0 amide bonds. The molecular formula is C19H22IN. The third-order valence-electron chi connectivity index (χ3n) is 4.33. The van der Waals surface area contributed by atoms with Gasteiger partial charge in [0, 0.05) is 3.57 Å². The topological polar surface area (TPSA) is 12.0 Å². The number of hydrogen-bond donors (Lipinski definition) is 1. The highest BCUT2D eigenvalue weighted by molar-refractivity contribution is 14.1. The van der Waals surface area contributed by atoms with E-state index >= 15 is 0 Å². The standard InChI is InChI=1S/C19H22IN/c1-2-21-19(17-9-5-6-10-18(17)20)16-12-11-14-7-3-4-8-15(14)13-16/h5-6,9-13,19,21H,2-4,7-8H2,1H3. The van der Waals surface area contributed by atoms with E-state index in [9.17, 15) is 0 Å². The second kappa shape index (κ2) is 6.93. The molecule has 1 unspecified atom stereocenters. The Morgan fingerprint density at radius 2 is 1.81 bits per heavy atom. The lowest BCUT2D eigenvalue weighted by molar-refractivity contribution is 0.623. The SMILES string of the molecule is CCNC(c1ccc2c(c1)CCCC2)c1ccccc1I. The summed E-state index contributed by atoms with van der Waals surface area (Å²) in [6.07, 6.45) is 5.18. The number of benzene rings is 2. The van der Waals surface area contributed by atoms with Crippen LogP contribution in [0.2, 0.25) is 0 Å². The van der Waals surface area contributed by atoms with Crippen LogP contribution in [0.25, 0.3) is 0 Å². The highest BCUT2D eigenvalue weighted by atomic mass is 127. The van der Waals surface area contributed by atoms with Gasteiger partial charge in [-0.15, -0.1) is 0 Å². The fourth-order valence-electron chi connectivity index (χ4n) is 3.25. The molecule has 21 heavy (non-hydrogen) atoms. The highest BCUT2D eigenvalue weighted by Crippen LogP contribution is 2.30. The minimum absolute atomic E-state index is 0.301. The molecule has 1 aliphatic carbocycles. The summed E-state index contributed by atoms with van der Waals surface area (Å²) in [6, 6.07) is 16.1. The van der Waals surface area contributed by atoms with E-state index in [1.54, 1.807) is 11.1 Å². The van der Waals surface area contributed by atoms with E-state index < -0.39 is 0 Å². The van der Waals surface area contributed by atoms with Crippen molar-refractivity contribution in [3.63, 3.8) is 0 Å². The molecular weight excluding hydrogens is 369 g/mol. The zero-order valence-corrected chi connectivity index (χ0v) is 14.7. The van der Waals surface area contributed by atoms with Gasteiger partial charge in [-0.3, -0.25) is 0 Å². The zero-order chi connectivity index (χ0) is 14.7. The lowest BCUT2D eigenvalue weighted by atomic mass is 9.88. The van der Waals surface area contributed by atoms with E-state index in [0.29, 0.717) is 6.04 Å². The van der Waals surface area contributed by atoms with Gasteiger partial charge in [0.2, 0.25) is 0 Å². The van der Waals surface area contributed by atoms with Gasteiger partial charge in [-0.2, -0.15) is 0 Å². The lowest BCUT2D eigenvalue weighted by Gasteiger charge is -2.23. The van der Waals surface area contributed by atoms with E-state index in [2.05, 4.69) is 77.3 Å². The van der Waals surface area contributed by atoms with Gasteiger partial charge in [0.25, 0.3) is 0 Å². The van der Waals surface area contributed by atoms with Crippen LogP contribution in [0, 0.1) is 3.57 Å². The molecule has 0 saturated heterocycles. The Morgan fingerprint density at radius 1 is 1.05 bits per heavy atom. The molecule has 1 atom stereocenters. The van der Waals surface area contributed by atoms with Crippen molar-refractivity contribution in [1.82, 2.24) is 5.32 Å². The number of rotatable bonds is 4. The number of fused-ring (bicyclic) bond motifs is 1. The lowest BCUT2D eigenvalue weighted by Crippen LogP contribution is -2.23. The van der Waals surface area contributed by atoms with Gasteiger partial charge in [-0.25, -0.2) is 0 Å². The maximum atomic E-state index is 3.66. The van der Waals surface area contributed by atoms with Gasteiger partial charge in [0.15, 0.2) is 0 Å². The number of aryl methyl sites for hydroxylation is 2. The van der Waals surface area contributed by atoms with Crippen LogP contribution in [-0.4, -0.2) is 6.54 Å². The van der Waals surface area contributed by atoms with Gasteiger partial charge >= 0.3 is 0 Å². The highest BCUT2D eigenvalue weighted by Gasteiger charge is 2.18. The van der Waals surface area contributed by atoms with Crippen LogP contribution in [0.15, 0.2) is 42.5 Å². The maximum Gasteiger partial charge on any atom is 0.0587 e. The summed E-state index contributed by atoms with van der Waals surface area (Å²) < 4.78 is 1.33. The summed E-state index contributed by atoms with van der Waals surface area (Å²) in [5.74, 6) is 0. The predicted octanol–water partition coefficient (Wildman–Crippen LogP) is 4.87. The number of nitrogens with one attached hydrogen (secondary N) is 1. The predicted molar refractivity (Wildman–Crippen MR) is 97.8 cm³/mol. The molecule has 0 fully saturated rings. The Bertz CT molecular complexity index is 621. The van der Waals surface area contributed by atoms with E-state index in [4.69, 9.17) is 0 Å². The van der Waals surface area contributed by atoms with E-state index in [1.165, 1.54) is 40.4 Å². The van der Waals surface area contributed by atoms with Crippen LogP contribution in [0.1, 0.15) is 48.1 Å². The van der Waals surface area contributed by atoms with Gasteiger partial charge in [-0.1, -0.05) is 43.3 Å². The van der Waals surface area contributed by atoms with E-state index in [1.807, 2.05) is 0 Å². The zero-order valence-electron chi connectivity index (χ0n) is 12.5. The Labute approximate surface area is 141 Å². The largest absolute Gasteiger partial charge is 0.306 e. The van der Waals surface area contributed by atoms with E-state index in [-0.39, 0.29) is 0 Å². The van der Waals surface area contributed by atoms with Crippen molar-refractivity contribution in [2.75, 3.05) is 6.54 Å². The molecule has 1 N–H and O–H groups in total. The first-order valence-electron chi connectivity index (χ1n) is 7.89. The average molecular weight is 391 g/mol. The van der Waals surface area contributed by atoms with Crippen molar-refractivity contribution in [2.24, 2.45) is 0 Å². The van der Waals surface area contributed by atoms with Crippen LogP contribution in [0.3, 0.4) is 0 Å². The van der Waals surface area contributed by atoms with Crippen molar-refractivity contribution in [2.45, 2.75) is 38.6 Å². The first-order valence-corrected chi connectivity index (χ1v) is 8.97. The van der Waals surface area contributed by atoms with Crippen LogP contribution in [-0.2, 0) is 12.8 Å². The third-order valence-corrected chi connectivity index (χ3v) is 5.31. The fourth-order valence-corrected chi connectivity index (χ4v) is 3.95. The second-order valence-corrected chi connectivity index (χ2v) is 6.91. The Morgan fingerprint density at radius 3 is 2.57 bits per heavy atom. The molecule has 2 aromatic carbocycles. The van der Waals surface area contributed by atoms with Crippen LogP contribution >= 0.6 is 22.6 Å². The van der Waals surface area contributed by atoms with Crippen molar-refractivity contribution in [1.29, 1.82) is 0 Å². The molecule has 1 aliphatic rings. The molecule has 0 heterocycles. The van der Waals surface area contributed by atoms with Crippen LogP contribution < -0.4 is 5.32 Å². The Hall–Kier alpha value is -0.870. The molecule has 3 rings (SSSR count). The summed E-state index contributed by atoms with van der Waals surface area (Å²) in [5.41, 5.74) is 5.91. The molecule has 1 nitrogen and oxygen atoms in total. The van der Waals surface area contributed by atoms with Crippen LogP contribution in [0.4, 0.5) is 0 Å². The van der Waals surface area contributed by atoms with Gasteiger partial charge in [0.05, 0.1) is 6.04 Å². The summed E-state index contributed by atoms with van der Waals surface area (Å²) in [5, 5.41) is 3.66. The summed E-state index contributed by atoms with van der Waals surface area (Å²) in [4.78, 5) is 0. The second-order valence-electron chi connectivity index (χ2n) is 5.75. The maximum absolute atomic E-state index is 3.66. The van der Waals surface area contributed by atoms with Crippen LogP contribution in [0.5, 0.6) is 0 Å². The minimum Gasteiger partial charge on any atom is -0.306 e. The average Bonchev–Trinajstić information content (AvgIpc) is 2.53. The Kier molecular flexibility index (Phi) is 4.96. The third kappa shape index (κ3) is 3.32. The normalized spacial score (nSPS) is 15.5. The monoisotopic (exact) mass is 391 g/mol. The smallest absolute Gasteiger partial charge is 0.0587 e. The van der Waals surface area contributed by atoms with Gasteiger partial charge in [-0.05, 0) is 83.1 Å². The molecule has 0 aromatic heterocycles. The first kappa shape index (κ1) is 15.0. The van der Waals surface area contributed by atoms with Crippen molar-refractivity contribution < 1.29 is 0 Å². The van der Waals surface area contributed by atoms with E-state index in [0.717, 1.165) is 6.54 Å². The molecule has 110 valence electrons. The molecule has 0 aliphatic heterocycles. The summed E-state index contributed by atoms with van der Waals surface area (Å²) in [7, 11) is 0. The molecule has 0 saturated carbocycles. The summed E-state index contributed by atoms with van der Waals surface area (Å²) in [6.45, 7) is 3.16. The molecule has 2 heteroatoms. The fraction of sp³-hybridized carbons (Fsp3) is 0.368. The van der Waals surface area contributed by atoms with Crippen molar-refractivity contribution in [3.8, 4) is 0 Å². The molecule has 0 bridgehead atoms. The molecule has 0 radical (unpaired) electrons. The van der Waals surface area contributed by atoms with Gasteiger partial charge < -0.3 is 5.32 Å². The van der Waals surface area contributed by atoms with Gasteiger partial charge in [0.1, 0.15) is 0 Å². The molecule has 2 aromatic rings. The summed E-state index contributed by atoms with van der Waals surface area (Å²) >= 11 is 2.45.